The highest BCUT2D eigenvalue weighted by Gasteiger charge is 2.27. The van der Waals surface area contributed by atoms with Crippen molar-refractivity contribution < 1.29 is 0 Å². The molecule has 82 valence electrons. The molecule has 0 bridgehead atoms. The summed E-state index contributed by atoms with van der Waals surface area (Å²) < 4.78 is 0.745. The fraction of sp³-hybridized carbons (Fsp3) is 0.600. The van der Waals surface area contributed by atoms with Crippen molar-refractivity contribution in [2.24, 2.45) is 11.8 Å². The summed E-state index contributed by atoms with van der Waals surface area (Å²) >= 11 is 9.23. The van der Waals surface area contributed by atoms with Crippen molar-refractivity contribution in [1.29, 1.82) is 0 Å². The van der Waals surface area contributed by atoms with E-state index in [4.69, 9.17) is 11.6 Å². The summed E-state index contributed by atoms with van der Waals surface area (Å²) in [6.45, 7) is 3.21. The Bertz CT molecular complexity index is 355. The van der Waals surface area contributed by atoms with E-state index >= 15 is 0 Å². The maximum absolute atomic E-state index is 5.87. The first-order chi connectivity index (χ1) is 7.18. The van der Waals surface area contributed by atoms with Gasteiger partial charge in [0.2, 0.25) is 0 Å². The quantitative estimate of drug-likeness (QED) is 0.864. The van der Waals surface area contributed by atoms with Gasteiger partial charge in [-0.1, -0.05) is 18.5 Å². The summed E-state index contributed by atoms with van der Waals surface area (Å²) in [5, 5.41) is 3.74. The Morgan fingerprint density at radius 2 is 2.33 bits per heavy atom. The lowest BCUT2D eigenvalue weighted by Gasteiger charge is -2.12. The fourth-order valence-electron chi connectivity index (χ4n) is 1.56. The summed E-state index contributed by atoms with van der Waals surface area (Å²) in [6, 6.07) is 0. The van der Waals surface area contributed by atoms with Crippen molar-refractivity contribution in [3.05, 3.63) is 16.0 Å². The molecule has 1 atom stereocenters. The number of hydrogen-bond donors (Lipinski definition) is 1. The van der Waals surface area contributed by atoms with Gasteiger partial charge in [-0.2, -0.15) is 0 Å². The Labute approximate surface area is 103 Å². The van der Waals surface area contributed by atoms with Crippen molar-refractivity contribution in [2.45, 2.75) is 19.8 Å². The molecule has 1 heterocycles. The van der Waals surface area contributed by atoms with Gasteiger partial charge >= 0.3 is 0 Å². The average Bonchev–Trinajstić information content (AvgIpc) is 3.03. The lowest BCUT2D eigenvalue weighted by molar-refractivity contribution is 0.535. The summed E-state index contributed by atoms with van der Waals surface area (Å²) in [5.74, 6) is 2.38. The second kappa shape index (κ2) is 4.66. The molecule has 1 unspecified atom stereocenters. The molecule has 0 aromatic carbocycles. The molecule has 0 radical (unpaired) electrons. The van der Waals surface area contributed by atoms with Gasteiger partial charge in [-0.15, -0.1) is 0 Å². The van der Waals surface area contributed by atoms with Crippen molar-refractivity contribution in [2.75, 3.05) is 11.9 Å². The van der Waals surface area contributed by atoms with Gasteiger partial charge < -0.3 is 5.32 Å². The van der Waals surface area contributed by atoms with Gasteiger partial charge in [0.05, 0.1) is 4.47 Å². The molecule has 15 heavy (non-hydrogen) atoms. The van der Waals surface area contributed by atoms with Crippen LogP contribution in [0, 0.1) is 11.8 Å². The maximum atomic E-state index is 5.87. The van der Waals surface area contributed by atoms with E-state index in [1.54, 1.807) is 0 Å². The molecule has 1 aliphatic carbocycles. The zero-order valence-electron chi connectivity index (χ0n) is 8.50. The molecule has 1 N–H and O–H groups in total. The van der Waals surface area contributed by atoms with Crippen LogP contribution in [0.25, 0.3) is 0 Å². The van der Waals surface area contributed by atoms with Gasteiger partial charge in [-0.3, -0.25) is 0 Å². The predicted molar refractivity (Wildman–Crippen MR) is 65.1 cm³/mol. The molecule has 2 rings (SSSR count). The zero-order valence-corrected chi connectivity index (χ0v) is 10.8. The second-order valence-electron chi connectivity index (χ2n) is 4.02. The normalized spacial score (nSPS) is 17.5. The monoisotopic (exact) mass is 289 g/mol. The zero-order chi connectivity index (χ0) is 10.8. The summed E-state index contributed by atoms with van der Waals surface area (Å²) in [5.41, 5.74) is 0. The summed E-state index contributed by atoms with van der Waals surface area (Å²) in [4.78, 5) is 8.02. The third kappa shape index (κ3) is 2.82. The van der Waals surface area contributed by atoms with Crippen LogP contribution in [0.1, 0.15) is 19.8 Å². The summed E-state index contributed by atoms with van der Waals surface area (Å²) in [7, 11) is 0. The van der Waals surface area contributed by atoms with Gasteiger partial charge in [-0.25, -0.2) is 9.97 Å². The van der Waals surface area contributed by atoms with E-state index < -0.39 is 0 Å². The van der Waals surface area contributed by atoms with E-state index in [2.05, 4.69) is 38.1 Å². The van der Waals surface area contributed by atoms with Crippen molar-refractivity contribution in [3.63, 3.8) is 0 Å². The van der Waals surface area contributed by atoms with Crippen LogP contribution >= 0.6 is 27.5 Å². The minimum Gasteiger partial charge on any atom is -0.369 e. The molecule has 1 fully saturated rings. The molecular weight excluding hydrogens is 277 g/mol. The van der Waals surface area contributed by atoms with Crippen LogP contribution in [0.5, 0.6) is 0 Å². The molecule has 0 amide bonds. The van der Waals surface area contributed by atoms with E-state index in [0.717, 1.165) is 22.8 Å². The number of nitrogens with one attached hydrogen (secondary N) is 1. The number of hydrogen-bond acceptors (Lipinski definition) is 3. The molecular formula is C10H13BrClN3. The SMILES string of the molecule is CC(CNc1ncnc(Cl)c1Br)C1CC1. The number of anilines is 1. The van der Waals surface area contributed by atoms with Gasteiger partial charge in [0.1, 0.15) is 17.3 Å². The number of rotatable bonds is 4. The number of nitrogens with zero attached hydrogens (tertiary/aromatic N) is 2. The van der Waals surface area contributed by atoms with Crippen molar-refractivity contribution in [1.82, 2.24) is 9.97 Å². The van der Waals surface area contributed by atoms with Crippen LogP contribution in [0.4, 0.5) is 5.82 Å². The lowest BCUT2D eigenvalue weighted by Crippen LogP contribution is -2.14. The molecule has 1 aromatic heterocycles. The van der Waals surface area contributed by atoms with E-state index in [-0.39, 0.29) is 0 Å². The minimum absolute atomic E-state index is 0.451. The van der Waals surface area contributed by atoms with E-state index in [9.17, 15) is 0 Å². The molecule has 5 heteroatoms. The van der Waals surface area contributed by atoms with Crippen LogP contribution in [0.3, 0.4) is 0 Å². The molecule has 0 saturated heterocycles. The van der Waals surface area contributed by atoms with Crippen molar-refractivity contribution >= 4 is 33.3 Å². The summed E-state index contributed by atoms with van der Waals surface area (Å²) in [6.07, 6.45) is 4.21. The van der Waals surface area contributed by atoms with Crippen molar-refractivity contribution in [3.8, 4) is 0 Å². The Balaban J connectivity index is 1.95. The molecule has 1 saturated carbocycles. The third-order valence-electron chi connectivity index (χ3n) is 2.77. The Hall–Kier alpha value is -0.350. The fourth-order valence-corrected chi connectivity index (χ4v) is 2.04. The van der Waals surface area contributed by atoms with Crippen LogP contribution in [-0.4, -0.2) is 16.5 Å². The number of aromatic nitrogens is 2. The maximum Gasteiger partial charge on any atom is 0.148 e. The second-order valence-corrected chi connectivity index (χ2v) is 5.17. The van der Waals surface area contributed by atoms with E-state index in [1.165, 1.54) is 19.2 Å². The molecule has 3 nitrogen and oxygen atoms in total. The van der Waals surface area contributed by atoms with Crippen LogP contribution in [0.15, 0.2) is 10.8 Å². The van der Waals surface area contributed by atoms with Crippen LogP contribution in [0.2, 0.25) is 5.15 Å². The van der Waals surface area contributed by atoms with Gasteiger partial charge in [0.15, 0.2) is 0 Å². The largest absolute Gasteiger partial charge is 0.369 e. The highest BCUT2D eigenvalue weighted by molar-refractivity contribution is 9.10. The highest BCUT2D eigenvalue weighted by Crippen LogP contribution is 2.36. The smallest absolute Gasteiger partial charge is 0.148 e. The van der Waals surface area contributed by atoms with Gasteiger partial charge in [-0.05, 0) is 40.6 Å². The Morgan fingerprint density at radius 1 is 1.60 bits per heavy atom. The average molecular weight is 291 g/mol. The van der Waals surface area contributed by atoms with Gasteiger partial charge in [0.25, 0.3) is 0 Å². The van der Waals surface area contributed by atoms with Crippen LogP contribution in [-0.2, 0) is 0 Å². The van der Waals surface area contributed by atoms with Gasteiger partial charge in [0, 0.05) is 6.54 Å². The van der Waals surface area contributed by atoms with E-state index in [1.807, 2.05) is 0 Å². The lowest BCUT2D eigenvalue weighted by atomic mass is 10.1. The first-order valence-corrected chi connectivity index (χ1v) is 6.25. The third-order valence-corrected chi connectivity index (χ3v) is 4.03. The Kier molecular flexibility index (Phi) is 3.46. The molecule has 0 aliphatic heterocycles. The first kappa shape index (κ1) is 11.1. The molecule has 0 spiro atoms. The van der Waals surface area contributed by atoms with E-state index in [0.29, 0.717) is 11.1 Å². The molecule has 1 aliphatic rings. The standard InChI is InChI=1S/C10H13BrClN3/c1-6(7-2-3-7)4-13-10-8(11)9(12)14-5-15-10/h5-7H,2-4H2,1H3,(H,13,14,15). The minimum atomic E-state index is 0.451. The number of halogens is 2. The van der Waals surface area contributed by atoms with Crippen LogP contribution < -0.4 is 5.32 Å². The Morgan fingerprint density at radius 3 is 3.00 bits per heavy atom. The first-order valence-electron chi connectivity index (χ1n) is 5.08. The topological polar surface area (TPSA) is 37.8 Å². The predicted octanol–water partition coefficient (Wildman–Crippen LogP) is 3.35. The highest BCUT2D eigenvalue weighted by atomic mass is 79.9. The molecule has 1 aromatic rings.